The van der Waals surface area contributed by atoms with Crippen molar-refractivity contribution in [3.8, 4) is 0 Å². The highest BCUT2D eigenvalue weighted by Gasteiger charge is 2.19. The molecular weight excluding hydrogens is 1020 g/mol. The number of benzene rings is 2. The van der Waals surface area contributed by atoms with Gasteiger partial charge in [-0.3, -0.25) is 28.8 Å². The highest BCUT2D eigenvalue weighted by atomic mass is 16.2. The topological polar surface area (TPSA) is 163 Å². The van der Waals surface area contributed by atoms with E-state index in [9.17, 15) is 28.8 Å². The molecule has 0 aliphatic carbocycles. The molecule has 0 saturated carbocycles. The number of carbonyl (C=O) groups is 6. The average Bonchev–Trinajstić information content (AvgIpc) is 3.70. The SMILES string of the molecule is CCCCCCCCCCNC(=O)c1cc(C(=O)CCCCCCCCCCCCCNC(=O)c2cc(C(=O)NCCCCCCCCCC)cc(C(=O)NCCCCCCCCCC)c2)cc(C(=O)NCCCCCCCCCC)c1. The van der Waals surface area contributed by atoms with Gasteiger partial charge in [0, 0.05) is 72.5 Å². The van der Waals surface area contributed by atoms with Gasteiger partial charge in [0.2, 0.25) is 0 Å². The Morgan fingerprint density at radius 1 is 0.220 bits per heavy atom. The van der Waals surface area contributed by atoms with Gasteiger partial charge in [-0.25, -0.2) is 0 Å². The summed E-state index contributed by atoms with van der Waals surface area (Å²) in [7, 11) is 0. The first kappa shape index (κ1) is 73.6. The largest absolute Gasteiger partial charge is 0.352 e. The lowest BCUT2D eigenvalue weighted by Gasteiger charge is -2.12. The summed E-state index contributed by atoms with van der Waals surface area (Å²) in [6.07, 6.45) is 49.9. The second-order valence-corrected chi connectivity index (χ2v) is 23.8. The Morgan fingerprint density at radius 3 is 0.573 bits per heavy atom. The first-order valence-electron chi connectivity index (χ1n) is 34.4. The molecule has 0 unspecified atom stereocenters. The second-order valence-electron chi connectivity index (χ2n) is 23.8. The number of nitrogens with one attached hydrogen (secondary N) is 5. The van der Waals surface area contributed by atoms with Gasteiger partial charge in [-0.2, -0.15) is 0 Å². The van der Waals surface area contributed by atoms with Crippen LogP contribution in [0.4, 0.5) is 0 Å². The van der Waals surface area contributed by atoms with E-state index in [4.69, 9.17) is 0 Å². The Bertz CT molecular complexity index is 1740. The highest BCUT2D eigenvalue weighted by Crippen LogP contribution is 2.19. The minimum absolute atomic E-state index is 0.0227. The number of hydrogen-bond acceptors (Lipinski definition) is 6. The minimum atomic E-state index is -0.268. The molecule has 82 heavy (non-hydrogen) atoms. The molecule has 2 rings (SSSR count). The molecule has 0 fully saturated rings. The summed E-state index contributed by atoms with van der Waals surface area (Å²) in [6, 6.07) is 9.85. The van der Waals surface area contributed by atoms with Gasteiger partial charge in [-0.1, -0.05) is 265 Å². The Labute approximate surface area is 501 Å². The quantitative estimate of drug-likeness (QED) is 0.0327. The van der Waals surface area contributed by atoms with Crippen molar-refractivity contribution in [1.82, 2.24) is 26.6 Å². The lowest BCUT2D eigenvalue weighted by Crippen LogP contribution is -2.29. The van der Waals surface area contributed by atoms with Crippen molar-refractivity contribution in [2.75, 3.05) is 32.7 Å². The Kier molecular flexibility index (Phi) is 46.7. The molecule has 0 saturated heterocycles. The molecule has 0 aliphatic heterocycles. The zero-order valence-corrected chi connectivity index (χ0v) is 53.1. The van der Waals surface area contributed by atoms with Crippen LogP contribution in [0, 0.1) is 0 Å². The van der Waals surface area contributed by atoms with Crippen LogP contribution in [0.1, 0.15) is 372 Å². The number of unbranched alkanes of at least 4 members (excludes halogenated alkanes) is 38. The zero-order chi connectivity index (χ0) is 59.4. The summed E-state index contributed by atoms with van der Waals surface area (Å²) in [6.45, 7) is 11.8. The number of rotatable bonds is 56. The fourth-order valence-corrected chi connectivity index (χ4v) is 10.8. The number of hydrogen-bond donors (Lipinski definition) is 5. The number of Topliss-reactive ketones (excluding diaryl/α,β-unsaturated/α-hetero) is 1. The van der Waals surface area contributed by atoms with Gasteiger partial charge >= 0.3 is 0 Å². The maximum atomic E-state index is 13.6. The maximum Gasteiger partial charge on any atom is 0.251 e. The third kappa shape index (κ3) is 38.3. The minimum Gasteiger partial charge on any atom is -0.352 e. The molecule has 0 radical (unpaired) electrons. The van der Waals surface area contributed by atoms with Crippen LogP contribution in [-0.4, -0.2) is 68.0 Å². The molecule has 5 N–H and O–H groups in total. The van der Waals surface area contributed by atoms with Crippen LogP contribution in [0.15, 0.2) is 36.4 Å². The van der Waals surface area contributed by atoms with Crippen LogP contribution in [0.5, 0.6) is 0 Å². The predicted molar refractivity (Wildman–Crippen MR) is 345 cm³/mol. The second kappa shape index (κ2) is 52.0. The van der Waals surface area contributed by atoms with E-state index < -0.39 is 0 Å². The highest BCUT2D eigenvalue weighted by molar-refractivity contribution is 6.06. The van der Waals surface area contributed by atoms with E-state index in [1.807, 2.05) is 0 Å². The van der Waals surface area contributed by atoms with E-state index in [2.05, 4.69) is 54.3 Å². The number of amides is 5. The first-order valence-corrected chi connectivity index (χ1v) is 34.4. The summed E-state index contributed by atoms with van der Waals surface area (Å²) in [5.41, 5.74) is 2.19. The smallest absolute Gasteiger partial charge is 0.251 e. The van der Waals surface area contributed by atoms with E-state index in [-0.39, 0.29) is 35.3 Å². The molecular formula is C71H121N5O6. The van der Waals surface area contributed by atoms with Crippen LogP contribution in [-0.2, 0) is 0 Å². The summed E-state index contributed by atoms with van der Waals surface area (Å²) in [4.78, 5) is 80.4. The lowest BCUT2D eigenvalue weighted by atomic mass is 9.98. The predicted octanol–water partition coefficient (Wildman–Crippen LogP) is 18.5. The van der Waals surface area contributed by atoms with Gasteiger partial charge in [0.15, 0.2) is 5.78 Å². The third-order valence-corrected chi connectivity index (χ3v) is 16.1. The van der Waals surface area contributed by atoms with Crippen molar-refractivity contribution in [2.45, 2.75) is 310 Å². The molecule has 11 heteroatoms. The van der Waals surface area contributed by atoms with Crippen molar-refractivity contribution in [2.24, 2.45) is 0 Å². The van der Waals surface area contributed by atoms with Crippen LogP contribution in [0.2, 0.25) is 0 Å². The molecule has 11 nitrogen and oxygen atoms in total. The van der Waals surface area contributed by atoms with Gasteiger partial charge < -0.3 is 26.6 Å². The Hall–Kier alpha value is -4.54. The fourth-order valence-electron chi connectivity index (χ4n) is 10.8. The summed E-state index contributed by atoms with van der Waals surface area (Å²) in [5, 5.41) is 15.2. The summed E-state index contributed by atoms with van der Waals surface area (Å²) in [5.74, 6) is -1.27. The monoisotopic (exact) mass is 1140 g/mol. The molecule has 2 aromatic rings. The lowest BCUT2D eigenvalue weighted by molar-refractivity contribution is 0.0932. The van der Waals surface area contributed by atoms with Crippen molar-refractivity contribution in [3.05, 3.63) is 69.8 Å². The molecule has 0 heterocycles. The van der Waals surface area contributed by atoms with Crippen LogP contribution in [0.3, 0.4) is 0 Å². The van der Waals surface area contributed by atoms with Crippen LogP contribution in [0.25, 0.3) is 0 Å². The summed E-state index contributed by atoms with van der Waals surface area (Å²) >= 11 is 0. The zero-order valence-electron chi connectivity index (χ0n) is 53.1. The van der Waals surface area contributed by atoms with E-state index in [1.165, 1.54) is 167 Å². The standard InChI is InChI=1S/C71H121N5O6/c1-5-9-13-17-21-31-37-43-49-72-67(78)61-54-60(55-62(56-61)68(79)73-50-44-38-32-22-18-14-10-6-2)66(77)48-42-36-30-28-26-25-27-29-35-41-47-53-76-71(82)65-58-63(69(80)74-51-45-39-33-23-19-15-11-7-3)57-64(59-65)70(81)75-52-46-40-34-24-20-16-12-8-4/h54-59H,5-53H2,1-4H3,(H,72,78)(H,73,79)(H,74,80)(H,75,81)(H,76,82). The van der Waals surface area contributed by atoms with Gasteiger partial charge in [0.25, 0.3) is 29.5 Å². The first-order chi connectivity index (χ1) is 40.1. The van der Waals surface area contributed by atoms with E-state index in [0.717, 1.165) is 109 Å². The van der Waals surface area contributed by atoms with Crippen LogP contribution >= 0.6 is 0 Å². The molecule has 0 bridgehead atoms. The molecule has 2 aromatic carbocycles. The molecule has 466 valence electrons. The van der Waals surface area contributed by atoms with Crippen LogP contribution < -0.4 is 26.6 Å². The van der Waals surface area contributed by atoms with Gasteiger partial charge in [0.05, 0.1) is 0 Å². The Balaban J connectivity index is 1.77. The van der Waals surface area contributed by atoms with Crippen molar-refractivity contribution in [3.63, 3.8) is 0 Å². The van der Waals surface area contributed by atoms with Crippen molar-refractivity contribution < 1.29 is 28.8 Å². The molecule has 5 amide bonds. The molecule has 0 atom stereocenters. The maximum absolute atomic E-state index is 13.6. The van der Waals surface area contributed by atoms with Crippen molar-refractivity contribution >= 4 is 35.3 Å². The molecule has 0 aromatic heterocycles. The average molecular weight is 1140 g/mol. The summed E-state index contributed by atoms with van der Waals surface area (Å²) < 4.78 is 0. The third-order valence-electron chi connectivity index (χ3n) is 16.1. The molecule has 0 aliphatic rings. The Morgan fingerprint density at radius 2 is 0.378 bits per heavy atom. The van der Waals surface area contributed by atoms with E-state index in [0.29, 0.717) is 72.5 Å². The normalized spacial score (nSPS) is 11.2. The van der Waals surface area contributed by atoms with Crippen molar-refractivity contribution in [1.29, 1.82) is 0 Å². The number of ketones is 1. The molecule has 0 spiro atoms. The van der Waals surface area contributed by atoms with E-state index in [1.54, 1.807) is 36.4 Å². The van der Waals surface area contributed by atoms with Gasteiger partial charge in [-0.05, 0) is 74.9 Å². The van der Waals surface area contributed by atoms with Gasteiger partial charge in [0.1, 0.15) is 0 Å². The van der Waals surface area contributed by atoms with Gasteiger partial charge in [-0.15, -0.1) is 0 Å². The van der Waals surface area contributed by atoms with E-state index >= 15 is 0 Å². The fraction of sp³-hybridized carbons (Fsp3) is 0.746. The number of carbonyl (C=O) groups excluding carboxylic acids is 6.